The molecule has 1 aromatic rings. The van der Waals surface area contributed by atoms with Crippen LogP contribution < -0.4 is 5.32 Å². The minimum absolute atomic E-state index is 0.0269. The number of piperidine rings is 1. The number of amides is 1. The van der Waals surface area contributed by atoms with Crippen LogP contribution in [0, 0.1) is 12.8 Å². The second-order valence-corrected chi connectivity index (χ2v) is 9.09. The Morgan fingerprint density at radius 3 is 2.60 bits per heavy atom. The molecule has 2 rings (SSSR count). The highest BCUT2D eigenvalue weighted by Crippen LogP contribution is 2.22. The maximum Gasteiger partial charge on any atom is 0.223 e. The topological polar surface area (TPSA) is 66.5 Å². The van der Waals surface area contributed by atoms with E-state index in [0.29, 0.717) is 25.9 Å². The Morgan fingerprint density at radius 2 is 2.00 bits per heavy atom. The summed E-state index contributed by atoms with van der Waals surface area (Å²) >= 11 is 0. The van der Waals surface area contributed by atoms with Gasteiger partial charge < -0.3 is 5.32 Å². The van der Waals surface area contributed by atoms with Crippen LogP contribution in [-0.4, -0.2) is 37.8 Å². The quantitative estimate of drug-likeness (QED) is 0.807. The molecule has 0 radical (unpaired) electrons. The number of hydrogen-bond acceptors (Lipinski definition) is 3. The maximum atomic E-state index is 12.6. The Hall–Kier alpha value is -1.40. The molecule has 1 amide bonds. The lowest BCUT2D eigenvalue weighted by molar-refractivity contribution is -0.126. The van der Waals surface area contributed by atoms with Gasteiger partial charge in [-0.15, -0.1) is 0 Å². The molecule has 140 valence electrons. The first-order valence-electron chi connectivity index (χ1n) is 9.15. The Bertz CT molecular complexity index is 680. The van der Waals surface area contributed by atoms with E-state index in [1.807, 2.05) is 38.1 Å². The van der Waals surface area contributed by atoms with Gasteiger partial charge >= 0.3 is 0 Å². The van der Waals surface area contributed by atoms with Crippen molar-refractivity contribution in [3.8, 4) is 0 Å². The Balaban J connectivity index is 1.89. The zero-order chi connectivity index (χ0) is 18.4. The summed E-state index contributed by atoms with van der Waals surface area (Å²) in [5.41, 5.74) is 1.87. The highest BCUT2D eigenvalue weighted by molar-refractivity contribution is 7.88. The molecule has 1 aromatic carbocycles. The van der Waals surface area contributed by atoms with E-state index in [1.165, 1.54) is 4.31 Å². The highest BCUT2D eigenvalue weighted by atomic mass is 32.2. The van der Waals surface area contributed by atoms with E-state index in [0.717, 1.165) is 24.0 Å². The van der Waals surface area contributed by atoms with Gasteiger partial charge in [0.25, 0.3) is 0 Å². The maximum absolute atomic E-state index is 12.6. The number of nitrogens with zero attached hydrogens (tertiary/aromatic N) is 1. The minimum Gasteiger partial charge on any atom is -0.353 e. The molecule has 0 aliphatic carbocycles. The summed E-state index contributed by atoms with van der Waals surface area (Å²) in [7, 11) is -3.33. The summed E-state index contributed by atoms with van der Waals surface area (Å²) in [5, 5.41) is 3.04. The van der Waals surface area contributed by atoms with E-state index in [9.17, 15) is 13.2 Å². The Kier molecular flexibility index (Phi) is 7.02. The van der Waals surface area contributed by atoms with E-state index in [1.54, 1.807) is 0 Å². The molecule has 0 spiro atoms. The van der Waals surface area contributed by atoms with Gasteiger partial charge in [-0.2, -0.15) is 0 Å². The van der Waals surface area contributed by atoms with Crippen molar-refractivity contribution in [2.75, 3.05) is 13.1 Å². The van der Waals surface area contributed by atoms with Crippen molar-refractivity contribution in [1.29, 1.82) is 0 Å². The molecule has 25 heavy (non-hydrogen) atoms. The van der Waals surface area contributed by atoms with E-state index in [4.69, 9.17) is 0 Å². The number of carbonyl (C=O) groups is 1. The van der Waals surface area contributed by atoms with Crippen molar-refractivity contribution in [3.63, 3.8) is 0 Å². The SMILES string of the molecule is CCCC(C)NC(=O)C1CCN(S(=O)(=O)Cc2cccc(C)c2)CC1. The molecule has 6 heteroatoms. The zero-order valence-corrected chi connectivity index (χ0v) is 16.3. The van der Waals surface area contributed by atoms with Crippen LogP contribution in [0.15, 0.2) is 24.3 Å². The van der Waals surface area contributed by atoms with Crippen molar-refractivity contribution >= 4 is 15.9 Å². The van der Waals surface area contributed by atoms with Gasteiger partial charge in [-0.05, 0) is 38.7 Å². The predicted octanol–water partition coefficient (Wildman–Crippen LogP) is 2.84. The van der Waals surface area contributed by atoms with Crippen LogP contribution >= 0.6 is 0 Å². The molecule has 1 aliphatic heterocycles. The summed E-state index contributed by atoms with van der Waals surface area (Å²) in [6.07, 6.45) is 3.20. The first kappa shape index (κ1) is 19.9. The molecule has 1 unspecified atom stereocenters. The zero-order valence-electron chi connectivity index (χ0n) is 15.5. The van der Waals surface area contributed by atoms with Crippen molar-refractivity contribution in [1.82, 2.24) is 9.62 Å². The molecule has 1 atom stereocenters. The molecule has 0 bridgehead atoms. The van der Waals surface area contributed by atoms with Crippen LogP contribution in [0.5, 0.6) is 0 Å². The molecule has 1 aliphatic rings. The molecule has 1 saturated heterocycles. The van der Waals surface area contributed by atoms with Crippen molar-refractivity contribution < 1.29 is 13.2 Å². The fourth-order valence-corrected chi connectivity index (χ4v) is 4.92. The van der Waals surface area contributed by atoms with Gasteiger partial charge in [-0.3, -0.25) is 4.79 Å². The molecular formula is C19H30N2O3S. The lowest BCUT2D eigenvalue weighted by Gasteiger charge is -2.31. The molecule has 1 heterocycles. The summed E-state index contributed by atoms with van der Waals surface area (Å²) < 4.78 is 26.8. The minimum atomic E-state index is -3.33. The van der Waals surface area contributed by atoms with Gasteiger partial charge in [0.1, 0.15) is 0 Å². The van der Waals surface area contributed by atoms with Crippen LogP contribution in [0.2, 0.25) is 0 Å². The fraction of sp³-hybridized carbons (Fsp3) is 0.632. The van der Waals surface area contributed by atoms with Gasteiger partial charge in [0, 0.05) is 25.0 Å². The number of sulfonamides is 1. The number of nitrogens with one attached hydrogen (secondary N) is 1. The smallest absolute Gasteiger partial charge is 0.223 e. The number of rotatable bonds is 7. The van der Waals surface area contributed by atoms with Crippen molar-refractivity contribution in [2.45, 2.75) is 58.2 Å². The van der Waals surface area contributed by atoms with E-state index < -0.39 is 10.0 Å². The number of aryl methyl sites for hydroxylation is 1. The summed E-state index contributed by atoms with van der Waals surface area (Å²) in [4.78, 5) is 12.3. The van der Waals surface area contributed by atoms with E-state index in [-0.39, 0.29) is 23.6 Å². The highest BCUT2D eigenvalue weighted by Gasteiger charge is 2.31. The first-order valence-corrected chi connectivity index (χ1v) is 10.8. The summed E-state index contributed by atoms with van der Waals surface area (Å²) in [6, 6.07) is 7.78. The lowest BCUT2D eigenvalue weighted by atomic mass is 9.96. The van der Waals surface area contributed by atoms with Crippen molar-refractivity contribution in [2.24, 2.45) is 5.92 Å². The molecular weight excluding hydrogens is 336 g/mol. The van der Waals surface area contributed by atoms with Gasteiger partial charge in [-0.25, -0.2) is 12.7 Å². The third-order valence-electron chi connectivity index (χ3n) is 4.76. The van der Waals surface area contributed by atoms with Gasteiger partial charge in [0.2, 0.25) is 15.9 Å². The second-order valence-electron chi connectivity index (χ2n) is 7.12. The fourth-order valence-electron chi connectivity index (χ4n) is 3.37. The third-order valence-corrected chi connectivity index (χ3v) is 6.61. The molecule has 1 N–H and O–H groups in total. The van der Waals surface area contributed by atoms with Crippen molar-refractivity contribution in [3.05, 3.63) is 35.4 Å². The predicted molar refractivity (Wildman–Crippen MR) is 101 cm³/mol. The van der Waals surface area contributed by atoms with Gasteiger partial charge in [0.05, 0.1) is 5.75 Å². The summed E-state index contributed by atoms with van der Waals surface area (Å²) in [5.74, 6) is 0.0143. The number of benzene rings is 1. The Labute approximate surface area is 151 Å². The van der Waals surface area contributed by atoms with E-state index in [2.05, 4.69) is 12.2 Å². The molecule has 0 aromatic heterocycles. The van der Waals surface area contributed by atoms with Crippen LogP contribution in [0.4, 0.5) is 0 Å². The van der Waals surface area contributed by atoms with Crippen LogP contribution in [0.1, 0.15) is 50.7 Å². The first-order chi connectivity index (χ1) is 11.8. The van der Waals surface area contributed by atoms with Crippen LogP contribution in [0.3, 0.4) is 0 Å². The molecule has 5 nitrogen and oxygen atoms in total. The number of carbonyl (C=O) groups excluding carboxylic acids is 1. The average Bonchev–Trinajstić information content (AvgIpc) is 2.54. The Morgan fingerprint density at radius 1 is 1.32 bits per heavy atom. The average molecular weight is 367 g/mol. The van der Waals surface area contributed by atoms with Crippen LogP contribution in [0.25, 0.3) is 0 Å². The lowest BCUT2D eigenvalue weighted by Crippen LogP contribution is -2.45. The number of hydrogen-bond donors (Lipinski definition) is 1. The second kappa shape index (κ2) is 8.81. The van der Waals surface area contributed by atoms with Gasteiger partial charge in [-0.1, -0.05) is 43.2 Å². The van der Waals surface area contributed by atoms with Gasteiger partial charge in [0.15, 0.2) is 0 Å². The van der Waals surface area contributed by atoms with Crippen LogP contribution in [-0.2, 0) is 20.6 Å². The monoisotopic (exact) mass is 366 g/mol. The molecule has 1 fully saturated rings. The third kappa shape index (κ3) is 5.82. The standard InChI is InChI=1S/C19H30N2O3S/c1-4-6-16(3)20-19(22)18-9-11-21(12-10-18)25(23,24)14-17-8-5-7-15(2)13-17/h5,7-8,13,16,18H,4,6,9-12,14H2,1-3H3,(H,20,22). The largest absolute Gasteiger partial charge is 0.353 e. The summed E-state index contributed by atoms with van der Waals surface area (Å²) in [6.45, 7) is 6.92. The normalized spacial score (nSPS) is 18.0. The van der Waals surface area contributed by atoms with E-state index >= 15 is 0 Å². The molecule has 0 saturated carbocycles.